The second kappa shape index (κ2) is 16.7. The van der Waals surface area contributed by atoms with Crippen molar-refractivity contribution in [2.45, 2.75) is 80.6 Å². The van der Waals surface area contributed by atoms with Crippen LogP contribution in [0.5, 0.6) is 0 Å². The lowest BCUT2D eigenvalue weighted by Crippen LogP contribution is -2.68. The predicted molar refractivity (Wildman–Crippen MR) is 184 cm³/mol. The van der Waals surface area contributed by atoms with Crippen molar-refractivity contribution in [2.75, 3.05) is 6.61 Å². The summed E-state index contributed by atoms with van der Waals surface area (Å²) in [5, 5.41) is 10.5. The van der Waals surface area contributed by atoms with Crippen LogP contribution in [0.4, 0.5) is 0 Å². The van der Waals surface area contributed by atoms with Crippen LogP contribution in [-0.2, 0) is 54.8 Å². The zero-order valence-corrected chi connectivity index (χ0v) is 28.4. The van der Waals surface area contributed by atoms with E-state index in [1.165, 1.54) is 0 Å². The Bertz CT molecular complexity index is 1510. The fourth-order valence-corrected chi connectivity index (χ4v) is 7.03. The zero-order chi connectivity index (χ0) is 33.3. The first kappa shape index (κ1) is 35.0. The second-order valence-electron chi connectivity index (χ2n) is 12.4. The number of hydrogen-bond donors (Lipinski definition) is 1. The van der Waals surface area contributed by atoms with Crippen molar-refractivity contribution in [3.8, 4) is 0 Å². The van der Waals surface area contributed by atoms with Gasteiger partial charge in [-0.2, -0.15) is 0 Å². The van der Waals surface area contributed by atoms with Gasteiger partial charge in [0.15, 0.2) is 10.6 Å². The van der Waals surface area contributed by atoms with Gasteiger partial charge in [0, 0.05) is 5.92 Å². The first-order chi connectivity index (χ1) is 23.4. The van der Waals surface area contributed by atoms with Gasteiger partial charge in [0.05, 0.1) is 39.1 Å². The van der Waals surface area contributed by atoms with Gasteiger partial charge in [0.1, 0.15) is 30.5 Å². The van der Waals surface area contributed by atoms with Crippen LogP contribution in [0.2, 0.25) is 0 Å². The molecule has 0 radical (unpaired) electrons. The van der Waals surface area contributed by atoms with Crippen LogP contribution in [0, 0.1) is 5.92 Å². The van der Waals surface area contributed by atoms with E-state index in [1.807, 2.05) is 128 Å². The summed E-state index contributed by atoms with van der Waals surface area (Å²) < 4.78 is 38.1. The molecule has 1 saturated carbocycles. The molecule has 2 fully saturated rings. The molecule has 8 atom stereocenters. The minimum absolute atomic E-state index is 0.195. The smallest absolute Gasteiger partial charge is 0.187 e. The molecule has 254 valence electrons. The van der Waals surface area contributed by atoms with Gasteiger partial charge in [0.2, 0.25) is 0 Å². The molecule has 9 heteroatoms. The van der Waals surface area contributed by atoms with Crippen molar-refractivity contribution < 1.29 is 33.5 Å². The van der Waals surface area contributed by atoms with Gasteiger partial charge in [-0.25, -0.2) is 0 Å². The van der Waals surface area contributed by atoms with E-state index in [-0.39, 0.29) is 19.1 Å². The maximum atomic E-state index is 10.5. The Labute approximate surface area is 292 Å². The molecular weight excluding hydrogens is 651 g/mol. The van der Waals surface area contributed by atoms with Gasteiger partial charge in [0.25, 0.3) is 0 Å². The number of ether oxygens (including phenoxy) is 6. The number of aliphatic hydroxyl groups is 1. The third-order valence-electron chi connectivity index (χ3n) is 8.87. The SMILES string of the molecule is C[C@H]1[C@@H](O[C@@H]2O[C@H](COCc3ccccc3)[C@H](OCc3ccccc3)[C@H](OCc3ccccc3)[C@H]2OCc2ccccc2)C(Cl)(Cl)[C@H]1O. The summed E-state index contributed by atoms with van der Waals surface area (Å²) in [6, 6.07) is 39.8. The molecule has 1 aliphatic heterocycles. The maximum absolute atomic E-state index is 10.5. The maximum Gasteiger partial charge on any atom is 0.187 e. The Morgan fingerprint density at radius 1 is 0.604 bits per heavy atom. The summed E-state index contributed by atoms with van der Waals surface area (Å²) in [5.41, 5.74) is 4.02. The van der Waals surface area contributed by atoms with Gasteiger partial charge in [-0.1, -0.05) is 151 Å². The van der Waals surface area contributed by atoms with Gasteiger partial charge in [-0.15, -0.1) is 0 Å². The summed E-state index contributed by atoms with van der Waals surface area (Å²) in [4.78, 5) is 0. The number of benzene rings is 4. The van der Waals surface area contributed by atoms with Crippen molar-refractivity contribution in [2.24, 2.45) is 5.92 Å². The van der Waals surface area contributed by atoms with Crippen LogP contribution in [-0.4, -0.2) is 59.0 Å². The van der Waals surface area contributed by atoms with Crippen molar-refractivity contribution in [3.05, 3.63) is 144 Å². The second-order valence-corrected chi connectivity index (χ2v) is 13.8. The normalized spacial score (nSPS) is 28.1. The highest BCUT2D eigenvalue weighted by molar-refractivity contribution is 6.50. The fraction of sp³-hybridized carbons (Fsp3) is 0.385. The standard InChI is InChI=1S/C39H42Cl2O7/c1-27-36(42)39(40,41)37(27)48-38-35(46-25-31-20-12-5-13-21-31)34(45-24-30-18-10-4-11-19-30)33(44-23-29-16-8-3-9-17-29)32(47-38)26-43-22-28-14-6-2-7-15-28/h2-21,27,32-38,42H,22-26H2,1H3/t27-,32-,33+,34+,35-,36+,37-,38+/m1/s1. The van der Waals surface area contributed by atoms with E-state index in [9.17, 15) is 5.11 Å². The van der Waals surface area contributed by atoms with Crippen LogP contribution in [0.3, 0.4) is 0 Å². The topological polar surface area (TPSA) is 75.6 Å². The zero-order valence-electron chi connectivity index (χ0n) is 26.9. The Morgan fingerprint density at radius 3 is 1.48 bits per heavy atom. The molecule has 0 spiro atoms. The van der Waals surface area contributed by atoms with E-state index in [0.717, 1.165) is 22.3 Å². The lowest BCUT2D eigenvalue weighted by atomic mass is 9.78. The van der Waals surface area contributed by atoms with Crippen LogP contribution in [0.15, 0.2) is 121 Å². The van der Waals surface area contributed by atoms with Crippen molar-refractivity contribution in [1.29, 1.82) is 0 Å². The highest BCUT2D eigenvalue weighted by Gasteiger charge is 2.61. The largest absolute Gasteiger partial charge is 0.390 e. The van der Waals surface area contributed by atoms with E-state index >= 15 is 0 Å². The molecule has 1 heterocycles. The lowest BCUT2D eigenvalue weighted by Gasteiger charge is -2.53. The monoisotopic (exact) mass is 692 g/mol. The summed E-state index contributed by atoms with van der Waals surface area (Å²) >= 11 is 13.2. The number of halogens is 2. The third kappa shape index (κ3) is 8.66. The quantitative estimate of drug-likeness (QED) is 0.132. The minimum Gasteiger partial charge on any atom is -0.390 e. The van der Waals surface area contributed by atoms with Crippen LogP contribution in [0.25, 0.3) is 0 Å². The molecule has 48 heavy (non-hydrogen) atoms. The van der Waals surface area contributed by atoms with E-state index in [1.54, 1.807) is 0 Å². The molecular formula is C39H42Cl2O7. The minimum atomic E-state index is -1.51. The van der Waals surface area contributed by atoms with Crippen LogP contribution in [0.1, 0.15) is 29.2 Å². The first-order valence-electron chi connectivity index (χ1n) is 16.3. The van der Waals surface area contributed by atoms with E-state index in [0.29, 0.717) is 19.8 Å². The van der Waals surface area contributed by atoms with E-state index in [2.05, 4.69) is 0 Å². The highest BCUT2D eigenvalue weighted by Crippen LogP contribution is 2.50. The summed E-state index contributed by atoms with van der Waals surface area (Å²) in [6.07, 6.45) is -5.25. The molecule has 0 unspecified atom stereocenters. The average Bonchev–Trinajstić information content (AvgIpc) is 3.13. The fourth-order valence-electron chi connectivity index (χ4n) is 6.13. The average molecular weight is 694 g/mol. The molecule has 6 rings (SSSR count). The van der Waals surface area contributed by atoms with Crippen LogP contribution >= 0.6 is 23.2 Å². The Hall–Kier alpha value is -2.82. The molecule has 0 bridgehead atoms. The summed E-state index contributed by atoms with van der Waals surface area (Å²) in [5.74, 6) is -0.332. The summed E-state index contributed by atoms with van der Waals surface area (Å²) in [7, 11) is 0. The number of alkyl halides is 2. The van der Waals surface area contributed by atoms with E-state index < -0.39 is 47.2 Å². The Morgan fingerprint density at radius 2 is 1.02 bits per heavy atom. The van der Waals surface area contributed by atoms with Gasteiger partial charge >= 0.3 is 0 Å². The third-order valence-corrected chi connectivity index (χ3v) is 9.75. The summed E-state index contributed by atoms with van der Waals surface area (Å²) in [6.45, 7) is 3.33. The molecule has 0 amide bonds. The number of rotatable bonds is 15. The highest BCUT2D eigenvalue weighted by atomic mass is 35.5. The van der Waals surface area contributed by atoms with Crippen molar-refractivity contribution in [1.82, 2.24) is 0 Å². The predicted octanol–water partition coefficient (Wildman–Crippen LogP) is 7.25. The number of aliphatic hydroxyl groups excluding tert-OH is 1. The molecule has 1 saturated heterocycles. The molecule has 7 nitrogen and oxygen atoms in total. The first-order valence-corrected chi connectivity index (χ1v) is 17.1. The van der Waals surface area contributed by atoms with Gasteiger partial charge in [-0.05, 0) is 22.3 Å². The molecule has 1 N–H and O–H groups in total. The van der Waals surface area contributed by atoms with Crippen molar-refractivity contribution >= 4 is 23.2 Å². The molecule has 4 aromatic carbocycles. The van der Waals surface area contributed by atoms with Gasteiger partial charge < -0.3 is 33.5 Å². The number of hydrogen-bond acceptors (Lipinski definition) is 7. The Kier molecular flexibility index (Phi) is 12.2. The molecule has 2 aliphatic rings. The molecule has 4 aromatic rings. The molecule has 0 aromatic heterocycles. The molecule has 1 aliphatic carbocycles. The van der Waals surface area contributed by atoms with E-state index in [4.69, 9.17) is 51.6 Å². The van der Waals surface area contributed by atoms with Gasteiger partial charge in [-0.3, -0.25) is 0 Å². The van der Waals surface area contributed by atoms with Crippen molar-refractivity contribution in [3.63, 3.8) is 0 Å². The van der Waals surface area contributed by atoms with Crippen LogP contribution < -0.4 is 0 Å². The Balaban J connectivity index is 1.32. The lowest BCUT2D eigenvalue weighted by molar-refractivity contribution is -0.349.